The maximum atomic E-state index is 15.4. The van der Waals surface area contributed by atoms with Gasteiger partial charge in [-0.15, -0.1) is 0 Å². The first-order chi connectivity index (χ1) is 13.6. The summed E-state index contributed by atoms with van der Waals surface area (Å²) in [6, 6.07) is 29.3. The number of halogens is 2. The number of rotatable bonds is 4. The Hall–Kier alpha value is -3.46. The van der Waals surface area contributed by atoms with Crippen LogP contribution in [0.1, 0.15) is 0 Å². The van der Waals surface area contributed by atoms with Crippen LogP contribution < -0.4 is 4.90 Å². The van der Waals surface area contributed by atoms with Gasteiger partial charge in [0.1, 0.15) is 5.82 Å². The fraction of sp³-hybridized carbons (Fsp3) is 0.0400. The number of anilines is 2. The standard InChI is InChI=1S/C25H19F2N/c1-28(23-15-6-5-14-22(23)26)24-16-8-13-21(25(24)27)20-12-7-11-19(17-20)18-9-3-2-4-10-18/h2-17H,1H3. The van der Waals surface area contributed by atoms with Crippen LogP contribution in [-0.4, -0.2) is 7.05 Å². The van der Waals surface area contributed by atoms with Crippen molar-refractivity contribution in [3.63, 3.8) is 0 Å². The van der Waals surface area contributed by atoms with Crippen LogP contribution >= 0.6 is 0 Å². The molecule has 0 saturated heterocycles. The second-order valence-electron chi connectivity index (χ2n) is 6.60. The predicted molar refractivity (Wildman–Crippen MR) is 112 cm³/mol. The van der Waals surface area contributed by atoms with Crippen LogP contribution in [-0.2, 0) is 0 Å². The van der Waals surface area contributed by atoms with Crippen LogP contribution in [0.3, 0.4) is 0 Å². The molecule has 4 aromatic carbocycles. The van der Waals surface area contributed by atoms with Crippen LogP contribution in [0.15, 0.2) is 97.1 Å². The van der Waals surface area contributed by atoms with Crippen molar-refractivity contribution < 1.29 is 8.78 Å². The van der Waals surface area contributed by atoms with Gasteiger partial charge in [-0.25, -0.2) is 8.78 Å². The summed E-state index contributed by atoms with van der Waals surface area (Å²) >= 11 is 0. The molecule has 0 spiro atoms. The van der Waals surface area contributed by atoms with Crippen molar-refractivity contribution >= 4 is 11.4 Å². The summed E-state index contributed by atoms with van der Waals surface area (Å²) in [5.41, 5.74) is 4.01. The molecule has 0 aliphatic rings. The average molecular weight is 371 g/mol. The van der Waals surface area contributed by atoms with Gasteiger partial charge >= 0.3 is 0 Å². The Morgan fingerprint density at radius 3 is 1.96 bits per heavy atom. The topological polar surface area (TPSA) is 3.24 Å². The Morgan fingerprint density at radius 2 is 1.18 bits per heavy atom. The van der Waals surface area contributed by atoms with Crippen molar-refractivity contribution in [3.8, 4) is 22.3 Å². The Balaban J connectivity index is 1.77. The Morgan fingerprint density at radius 1 is 0.571 bits per heavy atom. The fourth-order valence-electron chi connectivity index (χ4n) is 3.35. The van der Waals surface area contributed by atoms with Crippen molar-refractivity contribution in [1.82, 2.24) is 0 Å². The lowest BCUT2D eigenvalue weighted by atomic mass is 9.98. The van der Waals surface area contributed by atoms with Crippen molar-refractivity contribution in [2.24, 2.45) is 0 Å². The van der Waals surface area contributed by atoms with Gasteiger partial charge in [0.15, 0.2) is 5.82 Å². The van der Waals surface area contributed by atoms with Crippen molar-refractivity contribution in [3.05, 3.63) is 109 Å². The summed E-state index contributed by atoms with van der Waals surface area (Å²) in [6.45, 7) is 0. The molecule has 138 valence electrons. The van der Waals surface area contributed by atoms with Gasteiger partial charge < -0.3 is 4.90 Å². The molecule has 0 atom stereocenters. The van der Waals surface area contributed by atoms with Crippen molar-refractivity contribution in [2.75, 3.05) is 11.9 Å². The summed E-state index contributed by atoms with van der Waals surface area (Å²) < 4.78 is 29.6. The first-order valence-electron chi connectivity index (χ1n) is 9.08. The molecule has 3 heteroatoms. The maximum absolute atomic E-state index is 15.4. The number of nitrogens with zero attached hydrogens (tertiary/aromatic N) is 1. The summed E-state index contributed by atoms with van der Waals surface area (Å²) in [6.07, 6.45) is 0. The largest absolute Gasteiger partial charge is 0.340 e. The molecule has 0 fully saturated rings. The summed E-state index contributed by atoms with van der Waals surface area (Å²) in [5, 5.41) is 0. The third-order valence-electron chi connectivity index (χ3n) is 4.83. The summed E-state index contributed by atoms with van der Waals surface area (Å²) in [5.74, 6) is -0.764. The number of hydrogen-bond donors (Lipinski definition) is 0. The van der Waals surface area contributed by atoms with Crippen molar-refractivity contribution in [1.29, 1.82) is 0 Å². The summed E-state index contributed by atoms with van der Waals surface area (Å²) in [7, 11) is 1.67. The van der Waals surface area contributed by atoms with Gasteiger partial charge in [0, 0.05) is 12.6 Å². The van der Waals surface area contributed by atoms with E-state index in [1.165, 1.54) is 11.0 Å². The van der Waals surface area contributed by atoms with Crippen LogP contribution in [0.2, 0.25) is 0 Å². The Bertz CT molecular complexity index is 1110. The predicted octanol–water partition coefficient (Wildman–Crippen LogP) is 7.07. The van der Waals surface area contributed by atoms with Gasteiger partial charge in [-0.3, -0.25) is 0 Å². The quantitative estimate of drug-likeness (QED) is 0.371. The van der Waals surface area contributed by atoms with E-state index in [1.807, 2.05) is 54.6 Å². The van der Waals surface area contributed by atoms with Gasteiger partial charge in [0.25, 0.3) is 0 Å². The molecule has 0 saturated carbocycles. The first kappa shape index (κ1) is 17.9. The molecule has 1 nitrogen and oxygen atoms in total. The van der Waals surface area contributed by atoms with E-state index in [1.54, 1.807) is 43.4 Å². The highest BCUT2D eigenvalue weighted by Crippen LogP contribution is 2.35. The molecule has 0 heterocycles. The highest BCUT2D eigenvalue weighted by molar-refractivity contribution is 5.77. The molecule has 0 unspecified atom stereocenters. The van der Waals surface area contributed by atoms with E-state index in [0.717, 1.165) is 16.7 Å². The molecule has 0 aromatic heterocycles. The van der Waals surface area contributed by atoms with Gasteiger partial charge in [-0.05, 0) is 41.0 Å². The first-order valence-corrected chi connectivity index (χ1v) is 9.08. The zero-order valence-corrected chi connectivity index (χ0v) is 15.4. The minimum Gasteiger partial charge on any atom is -0.340 e. The van der Waals surface area contributed by atoms with Gasteiger partial charge in [-0.1, -0.05) is 72.8 Å². The Kier molecular flexibility index (Phi) is 4.90. The lowest BCUT2D eigenvalue weighted by Crippen LogP contribution is -2.13. The van der Waals surface area contributed by atoms with E-state index < -0.39 is 0 Å². The molecule has 0 bridgehead atoms. The molecule has 0 radical (unpaired) electrons. The highest BCUT2D eigenvalue weighted by Gasteiger charge is 2.16. The monoisotopic (exact) mass is 371 g/mol. The summed E-state index contributed by atoms with van der Waals surface area (Å²) in [4.78, 5) is 1.54. The zero-order valence-electron chi connectivity index (χ0n) is 15.4. The lowest BCUT2D eigenvalue weighted by Gasteiger charge is -2.22. The van der Waals surface area contributed by atoms with E-state index in [4.69, 9.17) is 0 Å². The molecule has 28 heavy (non-hydrogen) atoms. The number of hydrogen-bond acceptors (Lipinski definition) is 1. The number of benzene rings is 4. The third kappa shape index (κ3) is 3.39. The lowest BCUT2D eigenvalue weighted by molar-refractivity contribution is 0.619. The van der Waals surface area contributed by atoms with Gasteiger partial charge in [0.2, 0.25) is 0 Å². The molecule has 4 rings (SSSR count). The molecule has 0 aliphatic heterocycles. The van der Waals surface area contributed by atoms with Crippen LogP contribution in [0.4, 0.5) is 20.2 Å². The molecular formula is C25H19F2N. The normalized spacial score (nSPS) is 10.7. The van der Waals surface area contributed by atoms with E-state index in [2.05, 4.69) is 0 Å². The van der Waals surface area contributed by atoms with E-state index >= 15 is 4.39 Å². The number of para-hydroxylation sites is 1. The molecular weight excluding hydrogens is 352 g/mol. The van der Waals surface area contributed by atoms with Crippen LogP contribution in [0.25, 0.3) is 22.3 Å². The van der Waals surface area contributed by atoms with Crippen LogP contribution in [0, 0.1) is 11.6 Å². The smallest absolute Gasteiger partial charge is 0.154 e. The minimum absolute atomic E-state index is 0.327. The van der Waals surface area contributed by atoms with Crippen molar-refractivity contribution in [2.45, 2.75) is 0 Å². The third-order valence-corrected chi connectivity index (χ3v) is 4.83. The van der Waals surface area contributed by atoms with Gasteiger partial charge in [0.05, 0.1) is 11.4 Å². The van der Waals surface area contributed by atoms with E-state index in [9.17, 15) is 4.39 Å². The molecule has 0 amide bonds. The van der Waals surface area contributed by atoms with E-state index in [-0.39, 0.29) is 11.6 Å². The fourth-order valence-corrected chi connectivity index (χ4v) is 3.35. The highest BCUT2D eigenvalue weighted by atomic mass is 19.1. The van der Waals surface area contributed by atoms with Gasteiger partial charge in [-0.2, -0.15) is 0 Å². The second kappa shape index (κ2) is 7.65. The second-order valence-corrected chi connectivity index (χ2v) is 6.60. The van der Waals surface area contributed by atoms with Crippen LogP contribution in [0.5, 0.6) is 0 Å². The van der Waals surface area contributed by atoms with E-state index in [0.29, 0.717) is 16.9 Å². The minimum atomic E-state index is -0.388. The molecule has 0 N–H and O–H groups in total. The maximum Gasteiger partial charge on any atom is 0.154 e. The zero-order chi connectivity index (χ0) is 19.5. The average Bonchev–Trinajstić information content (AvgIpc) is 2.74. The Labute approximate surface area is 163 Å². The molecule has 4 aromatic rings. The SMILES string of the molecule is CN(c1ccccc1F)c1cccc(-c2cccc(-c3ccccc3)c2)c1F. The molecule has 0 aliphatic carbocycles.